The molecule has 11 heteroatoms. The molecule has 3 N–H and O–H groups in total. The summed E-state index contributed by atoms with van der Waals surface area (Å²) in [6.45, 7) is 5.67. The lowest BCUT2D eigenvalue weighted by molar-refractivity contribution is 0.577. The number of hydrogen-bond acceptors (Lipinski definition) is 6. The van der Waals surface area contributed by atoms with Gasteiger partial charge in [0.1, 0.15) is 4.21 Å². The Morgan fingerprint density at radius 1 is 0.958 bits per heavy atom. The maximum atomic E-state index is 12.1. The fourth-order valence-electron chi connectivity index (χ4n) is 1.72. The fraction of sp³-hybridized carbons (Fsp3) is 0.692. The lowest BCUT2D eigenvalue weighted by Gasteiger charge is -2.05. The van der Waals surface area contributed by atoms with Crippen LogP contribution in [0.3, 0.4) is 0 Å². The normalized spacial score (nSPS) is 12.1. The summed E-state index contributed by atoms with van der Waals surface area (Å²) in [5.74, 6) is 0.0348. The molecule has 0 saturated carbocycles. The van der Waals surface area contributed by atoms with E-state index in [1.165, 1.54) is 0 Å². The van der Waals surface area contributed by atoms with Crippen LogP contribution in [0.4, 0.5) is 0 Å². The number of rotatable bonds is 12. The van der Waals surface area contributed by atoms with Crippen LogP contribution in [0.15, 0.2) is 16.3 Å². The molecule has 1 rings (SSSR count). The van der Waals surface area contributed by atoms with Crippen LogP contribution < -0.4 is 14.8 Å². The number of nitrogens with one attached hydrogen (secondary N) is 3. The third-order valence-corrected chi connectivity index (χ3v) is 7.50. The summed E-state index contributed by atoms with van der Waals surface area (Å²) < 4.78 is 52.2. The van der Waals surface area contributed by atoms with Crippen molar-refractivity contribution in [1.82, 2.24) is 14.8 Å². The van der Waals surface area contributed by atoms with Crippen molar-refractivity contribution in [3.8, 4) is 0 Å². The first-order valence-electron chi connectivity index (χ1n) is 7.57. The van der Waals surface area contributed by atoms with Gasteiger partial charge >= 0.3 is 0 Å². The summed E-state index contributed by atoms with van der Waals surface area (Å²) in [6.07, 6.45) is 1.47. The van der Waals surface area contributed by atoms with Gasteiger partial charge in [-0.05, 0) is 38.4 Å². The van der Waals surface area contributed by atoms with Crippen molar-refractivity contribution in [2.45, 2.75) is 30.9 Å². The van der Waals surface area contributed by atoms with Gasteiger partial charge in [-0.15, -0.1) is 23.7 Å². The first-order valence-corrected chi connectivity index (χ1v) is 11.5. The third-order valence-electron chi connectivity index (χ3n) is 3.00. The molecule has 0 aliphatic heterocycles. The van der Waals surface area contributed by atoms with Crippen LogP contribution in [0.2, 0.25) is 0 Å². The van der Waals surface area contributed by atoms with E-state index < -0.39 is 20.0 Å². The summed E-state index contributed by atoms with van der Waals surface area (Å²) in [4.78, 5) is 0.827. The van der Waals surface area contributed by atoms with E-state index in [1.54, 1.807) is 19.1 Å². The Kier molecular flexibility index (Phi) is 11.3. The summed E-state index contributed by atoms with van der Waals surface area (Å²) in [5.41, 5.74) is 0. The molecular formula is C13H26ClN3O4S3. The van der Waals surface area contributed by atoms with Crippen molar-refractivity contribution in [3.63, 3.8) is 0 Å². The predicted molar refractivity (Wildman–Crippen MR) is 101 cm³/mol. The second-order valence-electron chi connectivity index (χ2n) is 4.92. The van der Waals surface area contributed by atoms with Gasteiger partial charge in [-0.2, -0.15) is 0 Å². The zero-order chi connectivity index (χ0) is 17.3. The van der Waals surface area contributed by atoms with E-state index in [0.29, 0.717) is 19.5 Å². The smallest absolute Gasteiger partial charge is 0.250 e. The van der Waals surface area contributed by atoms with Gasteiger partial charge in [0.05, 0.1) is 5.75 Å². The minimum absolute atomic E-state index is 0. The van der Waals surface area contributed by atoms with Crippen LogP contribution in [0, 0.1) is 0 Å². The van der Waals surface area contributed by atoms with Gasteiger partial charge in [0.25, 0.3) is 0 Å². The largest absolute Gasteiger partial charge is 0.315 e. The van der Waals surface area contributed by atoms with E-state index in [-0.39, 0.29) is 28.9 Å². The first kappa shape index (κ1) is 23.8. The van der Waals surface area contributed by atoms with Crippen molar-refractivity contribution in [2.24, 2.45) is 0 Å². The molecule has 1 heterocycles. The lowest BCUT2D eigenvalue weighted by Crippen LogP contribution is -2.31. The molecule has 7 nitrogen and oxygen atoms in total. The second kappa shape index (κ2) is 11.4. The lowest BCUT2D eigenvalue weighted by atomic mass is 10.3. The Bertz CT molecular complexity index is 674. The number of sulfonamides is 2. The summed E-state index contributed by atoms with van der Waals surface area (Å²) >= 11 is 1.16. The van der Waals surface area contributed by atoms with Gasteiger partial charge < -0.3 is 5.32 Å². The van der Waals surface area contributed by atoms with Crippen LogP contribution in [-0.4, -0.2) is 48.8 Å². The van der Waals surface area contributed by atoms with E-state index in [1.807, 2.05) is 6.92 Å². The van der Waals surface area contributed by atoms with Crippen LogP contribution >= 0.6 is 23.7 Å². The summed E-state index contributed by atoms with van der Waals surface area (Å²) in [6, 6.07) is 3.27. The van der Waals surface area contributed by atoms with E-state index in [9.17, 15) is 16.8 Å². The van der Waals surface area contributed by atoms with Crippen molar-refractivity contribution in [1.29, 1.82) is 0 Å². The van der Waals surface area contributed by atoms with Crippen LogP contribution in [0.5, 0.6) is 0 Å². The van der Waals surface area contributed by atoms with Gasteiger partial charge in [0.2, 0.25) is 20.0 Å². The molecule has 142 valence electrons. The Hall–Kier alpha value is -0.230. The molecule has 0 atom stereocenters. The predicted octanol–water partition coefficient (Wildman–Crippen LogP) is 0.930. The number of thiophene rings is 1. The van der Waals surface area contributed by atoms with Crippen LogP contribution in [-0.2, 0) is 26.5 Å². The van der Waals surface area contributed by atoms with Crippen LogP contribution in [0.25, 0.3) is 0 Å². The molecule has 0 radical (unpaired) electrons. The molecule has 0 aliphatic rings. The quantitative estimate of drug-likeness (QED) is 0.437. The Morgan fingerprint density at radius 2 is 1.67 bits per heavy atom. The highest BCUT2D eigenvalue weighted by Crippen LogP contribution is 2.21. The van der Waals surface area contributed by atoms with E-state index >= 15 is 0 Å². The number of halogens is 1. The molecule has 0 amide bonds. The molecule has 0 aliphatic carbocycles. The zero-order valence-electron chi connectivity index (χ0n) is 13.9. The number of hydrogen-bond donors (Lipinski definition) is 3. The third kappa shape index (κ3) is 8.75. The molecule has 0 unspecified atom stereocenters. The van der Waals surface area contributed by atoms with Gasteiger partial charge in [-0.25, -0.2) is 26.3 Å². The topological polar surface area (TPSA) is 104 Å². The molecule has 0 fully saturated rings. The minimum atomic E-state index is -3.49. The Balaban J connectivity index is 0.00000529. The monoisotopic (exact) mass is 419 g/mol. The van der Waals surface area contributed by atoms with E-state index in [4.69, 9.17) is 0 Å². The molecule has 0 bridgehead atoms. The van der Waals surface area contributed by atoms with Gasteiger partial charge in [-0.3, -0.25) is 0 Å². The molecular weight excluding hydrogens is 394 g/mol. The first-order chi connectivity index (χ1) is 10.8. The zero-order valence-corrected chi connectivity index (χ0v) is 17.1. The van der Waals surface area contributed by atoms with Gasteiger partial charge in [0, 0.05) is 24.5 Å². The molecule has 0 aromatic carbocycles. The second-order valence-corrected chi connectivity index (χ2v) is 10.2. The maximum absolute atomic E-state index is 12.1. The average Bonchev–Trinajstić information content (AvgIpc) is 2.96. The van der Waals surface area contributed by atoms with E-state index in [2.05, 4.69) is 14.8 Å². The van der Waals surface area contributed by atoms with Crippen molar-refractivity contribution < 1.29 is 16.8 Å². The summed E-state index contributed by atoms with van der Waals surface area (Å²) in [7, 11) is -6.71. The highest BCUT2D eigenvalue weighted by Gasteiger charge is 2.16. The Morgan fingerprint density at radius 3 is 2.29 bits per heavy atom. The molecule has 1 aromatic heterocycles. The fourth-order valence-corrected chi connectivity index (χ4v) is 4.76. The maximum Gasteiger partial charge on any atom is 0.250 e. The van der Waals surface area contributed by atoms with Crippen molar-refractivity contribution >= 4 is 43.8 Å². The minimum Gasteiger partial charge on any atom is -0.315 e. The standard InChI is InChI=1S/C13H25N3O4S3.ClH/c1-3-8-14-10-11-16-23(19,20)13-6-5-12(21-13)7-9-15-22(17,18)4-2;/h5-6,14-16H,3-4,7-11H2,1-2H3;1H. The average molecular weight is 420 g/mol. The highest BCUT2D eigenvalue weighted by molar-refractivity contribution is 7.91. The van der Waals surface area contributed by atoms with Crippen molar-refractivity contribution in [3.05, 3.63) is 17.0 Å². The molecule has 24 heavy (non-hydrogen) atoms. The molecule has 0 spiro atoms. The van der Waals surface area contributed by atoms with E-state index in [0.717, 1.165) is 29.2 Å². The Labute approximate surface area is 155 Å². The highest BCUT2D eigenvalue weighted by atomic mass is 35.5. The van der Waals surface area contributed by atoms with Gasteiger partial charge in [0.15, 0.2) is 0 Å². The molecule has 0 saturated heterocycles. The summed E-state index contributed by atoms with van der Waals surface area (Å²) in [5, 5.41) is 3.12. The van der Waals surface area contributed by atoms with Crippen LogP contribution in [0.1, 0.15) is 25.1 Å². The SMILES string of the molecule is CCCNCCNS(=O)(=O)c1ccc(CCNS(=O)(=O)CC)s1.Cl. The molecule has 1 aromatic rings. The van der Waals surface area contributed by atoms with Crippen molar-refractivity contribution in [2.75, 3.05) is 31.9 Å². The van der Waals surface area contributed by atoms with Gasteiger partial charge in [-0.1, -0.05) is 6.92 Å².